The van der Waals surface area contributed by atoms with Crippen LogP contribution in [0, 0.1) is 10.1 Å². The quantitative estimate of drug-likeness (QED) is 0.665. The Balaban J connectivity index is 2.89. The van der Waals surface area contributed by atoms with Crippen molar-refractivity contribution in [2.45, 2.75) is 32.2 Å². The fraction of sp³-hybridized carbons (Fsp3) is 0.455. The normalized spacial score (nSPS) is 12.4. The average molecular weight is 287 g/mol. The van der Waals surface area contributed by atoms with Crippen molar-refractivity contribution in [1.29, 1.82) is 0 Å². The van der Waals surface area contributed by atoms with Crippen molar-refractivity contribution < 1.29 is 4.92 Å². The fourth-order valence-electron chi connectivity index (χ4n) is 1.49. The maximum atomic E-state index is 10.7. The highest BCUT2D eigenvalue weighted by atomic mass is 79.9. The van der Waals surface area contributed by atoms with Gasteiger partial charge in [-0.05, 0) is 34.0 Å². The summed E-state index contributed by atoms with van der Waals surface area (Å²) in [7, 11) is 0. The molecular weight excluding hydrogens is 272 g/mol. The Morgan fingerprint density at radius 2 is 2.25 bits per heavy atom. The number of nitro benzene ring substituents is 1. The van der Waals surface area contributed by atoms with Crippen LogP contribution in [0.4, 0.5) is 5.69 Å². The smallest absolute Gasteiger partial charge is 0.283 e. The van der Waals surface area contributed by atoms with Gasteiger partial charge in [0.1, 0.15) is 0 Å². The number of nitrogens with two attached hydrogens (primary N) is 1. The van der Waals surface area contributed by atoms with Gasteiger partial charge in [0.25, 0.3) is 5.69 Å². The summed E-state index contributed by atoms with van der Waals surface area (Å²) in [5.41, 5.74) is 6.86. The number of benzene rings is 1. The van der Waals surface area contributed by atoms with Gasteiger partial charge < -0.3 is 5.73 Å². The van der Waals surface area contributed by atoms with Crippen LogP contribution in [0.2, 0.25) is 0 Å². The summed E-state index contributed by atoms with van der Waals surface area (Å²) in [5, 5.41) is 10.7. The first-order valence-corrected chi connectivity index (χ1v) is 6.05. The number of nitro groups is 1. The Morgan fingerprint density at radius 3 is 2.81 bits per heavy atom. The lowest BCUT2D eigenvalue weighted by Crippen LogP contribution is -2.10. The number of nitrogens with zero attached hydrogens (tertiary/aromatic N) is 1. The molecule has 0 spiro atoms. The van der Waals surface area contributed by atoms with E-state index < -0.39 is 4.92 Å². The van der Waals surface area contributed by atoms with Crippen LogP contribution < -0.4 is 5.73 Å². The van der Waals surface area contributed by atoms with Gasteiger partial charge in [-0.25, -0.2) is 0 Å². The molecule has 0 radical (unpaired) electrons. The zero-order valence-electron chi connectivity index (χ0n) is 9.15. The van der Waals surface area contributed by atoms with Crippen molar-refractivity contribution in [2.24, 2.45) is 5.73 Å². The lowest BCUT2D eigenvalue weighted by atomic mass is 10.0. The summed E-state index contributed by atoms with van der Waals surface area (Å²) in [6.45, 7) is 2.09. The predicted octanol–water partition coefficient (Wildman–Crippen LogP) is 3.55. The molecule has 0 aliphatic rings. The van der Waals surface area contributed by atoms with Crippen LogP contribution in [0.3, 0.4) is 0 Å². The van der Waals surface area contributed by atoms with Crippen LogP contribution >= 0.6 is 15.9 Å². The minimum Gasteiger partial charge on any atom is -0.324 e. The van der Waals surface area contributed by atoms with Crippen molar-refractivity contribution in [2.75, 3.05) is 0 Å². The highest BCUT2D eigenvalue weighted by Gasteiger charge is 2.15. The van der Waals surface area contributed by atoms with Crippen LogP contribution in [0.5, 0.6) is 0 Å². The summed E-state index contributed by atoms with van der Waals surface area (Å²) in [6, 6.07) is 4.94. The Kier molecular flexibility index (Phi) is 4.89. The van der Waals surface area contributed by atoms with Gasteiger partial charge in [0.05, 0.1) is 9.40 Å². The van der Waals surface area contributed by atoms with E-state index in [1.165, 1.54) is 0 Å². The molecule has 1 rings (SSSR count). The van der Waals surface area contributed by atoms with Gasteiger partial charge in [0, 0.05) is 12.1 Å². The molecule has 0 saturated carbocycles. The molecule has 0 aliphatic carbocycles. The van der Waals surface area contributed by atoms with Crippen molar-refractivity contribution in [1.82, 2.24) is 0 Å². The molecule has 4 nitrogen and oxygen atoms in total. The first-order chi connectivity index (χ1) is 7.56. The highest BCUT2D eigenvalue weighted by molar-refractivity contribution is 9.10. The monoisotopic (exact) mass is 286 g/mol. The minimum absolute atomic E-state index is 0.0736. The van der Waals surface area contributed by atoms with E-state index in [2.05, 4.69) is 22.9 Å². The first-order valence-electron chi connectivity index (χ1n) is 5.25. The molecule has 0 bridgehead atoms. The zero-order chi connectivity index (χ0) is 12.1. The standard InChI is InChI=1S/C11H15BrN2O2/c1-2-3-4-10(13)8-5-6-9(12)11(7-8)14(15)16/h5-7,10H,2-4,13H2,1H3/t10-/m1/s1. The van der Waals surface area contributed by atoms with Crippen molar-refractivity contribution in [3.63, 3.8) is 0 Å². The van der Waals surface area contributed by atoms with E-state index in [1.54, 1.807) is 12.1 Å². The molecule has 0 aliphatic heterocycles. The van der Waals surface area contributed by atoms with E-state index in [4.69, 9.17) is 5.73 Å². The second kappa shape index (κ2) is 5.96. The largest absolute Gasteiger partial charge is 0.324 e. The summed E-state index contributed by atoms with van der Waals surface area (Å²) < 4.78 is 0.490. The molecule has 88 valence electrons. The maximum Gasteiger partial charge on any atom is 0.283 e. The van der Waals surface area contributed by atoms with Gasteiger partial charge in [0.2, 0.25) is 0 Å². The van der Waals surface area contributed by atoms with Gasteiger partial charge in [-0.2, -0.15) is 0 Å². The van der Waals surface area contributed by atoms with Gasteiger partial charge >= 0.3 is 0 Å². The molecule has 1 aromatic rings. The minimum atomic E-state index is -0.403. The van der Waals surface area contributed by atoms with Crippen molar-refractivity contribution in [3.8, 4) is 0 Å². The second-order valence-corrected chi connectivity index (χ2v) is 4.57. The fourth-order valence-corrected chi connectivity index (χ4v) is 1.88. The van der Waals surface area contributed by atoms with E-state index in [0.717, 1.165) is 24.8 Å². The summed E-state index contributed by atoms with van der Waals surface area (Å²) in [6.07, 6.45) is 2.96. The molecule has 1 atom stereocenters. The second-order valence-electron chi connectivity index (χ2n) is 3.72. The van der Waals surface area contributed by atoms with Crippen LogP contribution in [-0.2, 0) is 0 Å². The topological polar surface area (TPSA) is 69.2 Å². The third-order valence-corrected chi connectivity index (χ3v) is 3.13. The molecule has 2 N–H and O–H groups in total. The number of unbranched alkanes of at least 4 members (excludes halogenated alkanes) is 1. The zero-order valence-corrected chi connectivity index (χ0v) is 10.7. The van der Waals surface area contributed by atoms with Crippen LogP contribution in [0.25, 0.3) is 0 Å². The molecule has 0 unspecified atom stereocenters. The maximum absolute atomic E-state index is 10.7. The van der Waals surface area contributed by atoms with Gasteiger partial charge in [-0.1, -0.05) is 25.8 Å². The Bertz CT molecular complexity index is 382. The number of hydrogen-bond acceptors (Lipinski definition) is 3. The third-order valence-electron chi connectivity index (χ3n) is 2.46. The van der Waals surface area contributed by atoms with E-state index in [-0.39, 0.29) is 11.7 Å². The number of hydrogen-bond donors (Lipinski definition) is 1. The van der Waals surface area contributed by atoms with Gasteiger partial charge in [-0.15, -0.1) is 0 Å². The van der Waals surface area contributed by atoms with Gasteiger partial charge in [-0.3, -0.25) is 10.1 Å². The van der Waals surface area contributed by atoms with Crippen LogP contribution in [0.1, 0.15) is 37.8 Å². The van der Waals surface area contributed by atoms with Crippen molar-refractivity contribution in [3.05, 3.63) is 38.3 Å². The SMILES string of the molecule is CCCC[C@@H](N)c1ccc(Br)c([N+](=O)[O-])c1. The van der Waals surface area contributed by atoms with E-state index in [9.17, 15) is 10.1 Å². The molecule has 0 heterocycles. The van der Waals surface area contributed by atoms with E-state index in [1.807, 2.05) is 6.07 Å². The predicted molar refractivity (Wildman–Crippen MR) is 67.2 cm³/mol. The summed E-state index contributed by atoms with van der Waals surface area (Å²) in [5.74, 6) is 0. The summed E-state index contributed by atoms with van der Waals surface area (Å²) in [4.78, 5) is 10.3. The molecule has 0 aromatic heterocycles. The average Bonchev–Trinajstić information content (AvgIpc) is 2.26. The molecule has 5 heteroatoms. The van der Waals surface area contributed by atoms with Crippen LogP contribution in [-0.4, -0.2) is 4.92 Å². The number of rotatable bonds is 5. The Hall–Kier alpha value is -0.940. The Morgan fingerprint density at radius 1 is 1.56 bits per heavy atom. The molecule has 0 fully saturated rings. The molecule has 0 amide bonds. The van der Waals surface area contributed by atoms with E-state index in [0.29, 0.717) is 4.47 Å². The first kappa shape index (κ1) is 13.1. The summed E-state index contributed by atoms with van der Waals surface area (Å²) >= 11 is 3.15. The lowest BCUT2D eigenvalue weighted by Gasteiger charge is -2.11. The van der Waals surface area contributed by atoms with Gasteiger partial charge in [0.15, 0.2) is 0 Å². The number of halogens is 1. The third kappa shape index (κ3) is 3.28. The lowest BCUT2D eigenvalue weighted by molar-refractivity contribution is -0.385. The highest BCUT2D eigenvalue weighted by Crippen LogP contribution is 2.28. The molecule has 1 aromatic carbocycles. The van der Waals surface area contributed by atoms with E-state index >= 15 is 0 Å². The van der Waals surface area contributed by atoms with Crippen LogP contribution in [0.15, 0.2) is 22.7 Å². The Labute approximate surface area is 103 Å². The van der Waals surface area contributed by atoms with Crippen molar-refractivity contribution >= 4 is 21.6 Å². The molecule has 0 saturated heterocycles. The molecular formula is C11H15BrN2O2. The molecule has 16 heavy (non-hydrogen) atoms.